The lowest BCUT2D eigenvalue weighted by Crippen LogP contribution is -2.31. The summed E-state index contributed by atoms with van der Waals surface area (Å²) in [5, 5.41) is 11.6. The Labute approximate surface area is 96.4 Å². The Hall–Kier alpha value is -1.62. The number of carboxylic acids is 1. The van der Waals surface area contributed by atoms with E-state index in [1.54, 1.807) is 12.1 Å². The van der Waals surface area contributed by atoms with Crippen molar-refractivity contribution in [3.63, 3.8) is 0 Å². The first-order chi connectivity index (χ1) is 7.56. The van der Waals surface area contributed by atoms with Gasteiger partial charge in [-0.3, -0.25) is 9.59 Å². The Kier molecular flexibility index (Phi) is 2.55. The number of nitrogens with zero attached hydrogens (tertiary/aromatic N) is 1. The zero-order valence-electron chi connectivity index (χ0n) is 8.24. The van der Waals surface area contributed by atoms with Crippen molar-refractivity contribution >= 4 is 29.3 Å². The lowest BCUT2D eigenvalue weighted by molar-refractivity contribution is -0.147. The van der Waals surface area contributed by atoms with Gasteiger partial charge in [-0.25, -0.2) is 4.98 Å². The predicted molar refractivity (Wildman–Crippen MR) is 57.2 cm³/mol. The highest BCUT2D eigenvalue weighted by atomic mass is 35.5. The van der Waals surface area contributed by atoms with Crippen LogP contribution in [-0.2, 0) is 9.59 Å². The molecule has 5 nitrogen and oxygen atoms in total. The van der Waals surface area contributed by atoms with E-state index in [1.165, 1.54) is 6.20 Å². The van der Waals surface area contributed by atoms with Gasteiger partial charge in [0.15, 0.2) is 5.82 Å². The Bertz CT molecular complexity index is 457. The monoisotopic (exact) mass is 240 g/mol. The molecule has 1 aromatic rings. The van der Waals surface area contributed by atoms with Crippen molar-refractivity contribution < 1.29 is 14.7 Å². The standard InChI is InChI=1S/C10H9ClN2O3/c11-6-2-1-5-12-7(6)13-8(14)10(3-4-10)9(15)16/h1-2,5H,3-4H2,(H,15,16)(H,12,13,14). The van der Waals surface area contributed by atoms with Crippen LogP contribution in [0.1, 0.15) is 12.8 Å². The number of rotatable bonds is 3. The molecule has 1 aliphatic rings. The van der Waals surface area contributed by atoms with E-state index in [-0.39, 0.29) is 10.8 Å². The molecule has 0 spiro atoms. The number of hydrogen-bond donors (Lipinski definition) is 2. The van der Waals surface area contributed by atoms with Gasteiger partial charge in [0.2, 0.25) is 5.91 Å². The van der Waals surface area contributed by atoms with Crippen LogP contribution in [0.15, 0.2) is 18.3 Å². The van der Waals surface area contributed by atoms with Crippen molar-refractivity contribution in [2.45, 2.75) is 12.8 Å². The SMILES string of the molecule is O=C(O)C1(C(=O)Nc2ncccc2Cl)CC1. The average Bonchev–Trinajstić information content (AvgIpc) is 3.02. The highest BCUT2D eigenvalue weighted by molar-refractivity contribution is 6.33. The minimum absolute atomic E-state index is 0.196. The molecule has 2 N–H and O–H groups in total. The van der Waals surface area contributed by atoms with Gasteiger partial charge in [0.05, 0.1) is 5.02 Å². The fourth-order valence-corrected chi connectivity index (χ4v) is 1.54. The number of anilines is 1. The molecule has 0 aliphatic heterocycles. The van der Waals surface area contributed by atoms with Crippen LogP contribution in [0.2, 0.25) is 5.02 Å². The maximum atomic E-state index is 11.7. The van der Waals surface area contributed by atoms with Gasteiger partial charge in [-0.1, -0.05) is 11.6 Å². The van der Waals surface area contributed by atoms with Crippen LogP contribution < -0.4 is 5.32 Å². The molecule has 84 valence electrons. The van der Waals surface area contributed by atoms with Crippen molar-refractivity contribution in [3.8, 4) is 0 Å². The number of halogens is 1. The topological polar surface area (TPSA) is 79.3 Å². The summed E-state index contributed by atoms with van der Waals surface area (Å²) in [7, 11) is 0. The summed E-state index contributed by atoms with van der Waals surface area (Å²) in [5.74, 6) is -1.46. The van der Waals surface area contributed by atoms with E-state index in [4.69, 9.17) is 16.7 Å². The van der Waals surface area contributed by atoms with Crippen molar-refractivity contribution in [1.82, 2.24) is 4.98 Å². The van der Waals surface area contributed by atoms with Gasteiger partial charge in [0.25, 0.3) is 0 Å². The third-order valence-corrected chi connectivity index (χ3v) is 2.89. The molecule has 0 radical (unpaired) electrons. The van der Waals surface area contributed by atoms with Crippen molar-refractivity contribution in [2.75, 3.05) is 5.32 Å². The summed E-state index contributed by atoms with van der Waals surface area (Å²) in [4.78, 5) is 26.4. The second kappa shape index (κ2) is 3.75. The molecule has 16 heavy (non-hydrogen) atoms. The predicted octanol–water partition coefficient (Wildman–Crippen LogP) is 1.54. The van der Waals surface area contributed by atoms with Crippen LogP contribution in [0, 0.1) is 5.41 Å². The minimum Gasteiger partial charge on any atom is -0.480 e. The van der Waals surface area contributed by atoms with Crippen LogP contribution in [0.25, 0.3) is 0 Å². The van der Waals surface area contributed by atoms with Crippen LogP contribution in [0.3, 0.4) is 0 Å². The molecule has 1 amide bonds. The van der Waals surface area contributed by atoms with Crippen LogP contribution in [-0.4, -0.2) is 22.0 Å². The molecular weight excluding hydrogens is 232 g/mol. The summed E-state index contributed by atoms with van der Waals surface area (Å²) >= 11 is 5.79. The molecule has 0 bridgehead atoms. The molecule has 0 atom stereocenters. The number of amides is 1. The average molecular weight is 241 g/mol. The summed E-state index contributed by atoms with van der Waals surface area (Å²) in [5.41, 5.74) is -1.28. The maximum Gasteiger partial charge on any atom is 0.319 e. The van der Waals surface area contributed by atoms with E-state index < -0.39 is 17.3 Å². The summed E-state index contributed by atoms with van der Waals surface area (Å²) < 4.78 is 0. The van der Waals surface area contributed by atoms with E-state index in [0.29, 0.717) is 12.8 Å². The van der Waals surface area contributed by atoms with Gasteiger partial charge in [-0.2, -0.15) is 0 Å². The Morgan fingerprint density at radius 2 is 2.19 bits per heavy atom. The summed E-state index contributed by atoms with van der Waals surface area (Å²) in [6, 6.07) is 3.20. The first kappa shape index (κ1) is 10.9. The van der Waals surface area contributed by atoms with E-state index in [0.717, 1.165) is 0 Å². The number of carbonyl (C=O) groups excluding carboxylic acids is 1. The van der Waals surface area contributed by atoms with Gasteiger partial charge in [0, 0.05) is 6.20 Å². The van der Waals surface area contributed by atoms with Crippen molar-refractivity contribution in [3.05, 3.63) is 23.4 Å². The molecule has 0 saturated heterocycles. The first-order valence-corrected chi connectivity index (χ1v) is 5.09. The first-order valence-electron chi connectivity index (χ1n) is 4.72. The van der Waals surface area contributed by atoms with Crippen molar-refractivity contribution in [2.24, 2.45) is 5.41 Å². The normalized spacial score (nSPS) is 16.6. The van der Waals surface area contributed by atoms with Crippen LogP contribution >= 0.6 is 11.6 Å². The van der Waals surface area contributed by atoms with E-state index in [1.807, 2.05) is 0 Å². The molecule has 1 saturated carbocycles. The number of aliphatic carboxylic acids is 1. The molecule has 1 fully saturated rings. The second-order valence-corrected chi connectivity index (χ2v) is 4.08. The highest BCUT2D eigenvalue weighted by Gasteiger charge is 2.57. The second-order valence-electron chi connectivity index (χ2n) is 3.68. The zero-order chi connectivity index (χ0) is 11.8. The molecule has 1 heterocycles. The number of carbonyl (C=O) groups is 2. The number of nitrogens with one attached hydrogen (secondary N) is 1. The summed E-state index contributed by atoms with van der Waals surface area (Å²) in [6.07, 6.45) is 2.19. The molecule has 2 rings (SSSR count). The van der Waals surface area contributed by atoms with Gasteiger partial charge in [-0.05, 0) is 25.0 Å². The highest BCUT2D eigenvalue weighted by Crippen LogP contribution is 2.46. The third kappa shape index (κ3) is 1.74. The molecule has 1 aliphatic carbocycles. The molecular formula is C10H9ClN2O3. The third-order valence-electron chi connectivity index (χ3n) is 2.58. The molecule has 0 unspecified atom stereocenters. The maximum absolute atomic E-state index is 11.7. The Morgan fingerprint density at radius 1 is 1.50 bits per heavy atom. The van der Waals surface area contributed by atoms with Crippen LogP contribution in [0.5, 0.6) is 0 Å². The minimum atomic E-state index is -1.28. The lowest BCUT2D eigenvalue weighted by Gasteiger charge is -2.10. The van der Waals surface area contributed by atoms with Gasteiger partial charge in [-0.15, -0.1) is 0 Å². The van der Waals surface area contributed by atoms with Gasteiger partial charge in [0.1, 0.15) is 5.41 Å². The number of aromatic nitrogens is 1. The number of carboxylic acid groups (broad SMARTS) is 1. The molecule has 6 heteroatoms. The Morgan fingerprint density at radius 3 is 2.69 bits per heavy atom. The quantitative estimate of drug-likeness (QED) is 0.786. The van der Waals surface area contributed by atoms with Crippen molar-refractivity contribution in [1.29, 1.82) is 0 Å². The van der Waals surface area contributed by atoms with Gasteiger partial charge < -0.3 is 10.4 Å². The summed E-state index contributed by atoms with van der Waals surface area (Å²) in [6.45, 7) is 0. The molecule has 0 aromatic carbocycles. The zero-order valence-corrected chi connectivity index (χ0v) is 8.99. The smallest absolute Gasteiger partial charge is 0.319 e. The van der Waals surface area contributed by atoms with Gasteiger partial charge >= 0.3 is 5.97 Å². The van der Waals surface area contributed by atoms with Crippen LogP contribution in [0.4, 0.5) is 5.82 Å². The van der Waals surface area contributed by atoms with E-state index >= 15 is 0 Å². The lowest BCUT2D eigenvalue weighted by atomic mass is 10.1. The largest absolute Gasteiger partial charge is 0.480 e. The number of hydrogen-bond acceptors (Lipinski definition) is 3. The Balaban J connectivity index is 2.15. The fourth-order valence-electron chi connectivity index (χ4n) is 1.37. The number of pyridine rings is 1. The fraction of sp³-hybridized carbons (Fsp3) is 0.300. The molecule has 1 aromatic heterocycles. The van der Waals surface area contributed by atoms with E-state index in [9.17, 15) is 9.59 Å². The van der Waals surface area contributed by atoms with E-state index in [2.05, 4.69) is 10.3 Å².